The Kier molecular flexibility index (Phi) is 4.59. The number of benzene rings is 1. The third-order valence-electron chi connectivity index (χ3n) is 4.90. The monoisotopic (exact) mass is 286 g/mol. The quantitative estimate of drug-likeness (QED) is 0.830. The van der Waals surface area contributed by atoms with Crippen LogP contribution in [0, 0.1) is 0 Å². The highest BCUT2D eigenvalue weighted by molar-refractivity contribution is 5.79. The van der Waals surface area contributed by atoms with E-state index in [1.54, 1.807) is 0 Å². The van der Waals surface area contributed by atoms with E-state index in [9.17, 15) is 4.79 Å². The number of likely N-dealkylation sites (tertiary alicyclic amines) is 1. The summed E-state index contributed by atoms with van der Waals surface area (Å²) in [7, 11) is 0. The van der Waals surface area contributed by atoms with Crippen LogP contribution in [0.15, 0.2) is 24.3 Å². The maximum Gasteiger partial charge on any atom is 0.236 e. The largest absolute Gasteiger partial charge is 0.341 e. The lowest BCUT2D eigenvalue weighted by Gasteiger charge is -2.38. The molecule has 0 bridgehead atoms. The molecule has 1 aliphatic heterocycles. The summed E-state index contributed by atoms with van der Waals surface area (Å²) < 4.78 is 0. The van der Waals surface area contributed by atoms with Gasteiger partial charge in [0, 0.05) is 19.1 Å². The molecular weight excluding hydrogens is 260 g/mol. The second-order valence-corrected chi connectivity index (χ2v) is 6.37. The Labute approximate surface area is 127 Å². The molecule has 1 fully saturated rings. The fraction of sp³-hybridized carbons (Fsp3) is 0.611. The Balaban J connectivity index is 1.65. The highest BCUT2D eigenvalue weighted by atomic mass is 16.2. The van der Waals surface area contributed by atoms with Crippen LogP contribution >= 0.6 is 0 Å². The van der Waals surface area contributed by atoms with Gasteiger partial charge in [0.15, 0.2) is 0 Å². The first-order chi connectivity index (χ1) is 10.3. The molecule has 3 nitrogen and oxygen atoms in total. The summed E-state index contributed by atoms with van der Waals surface area (Å²) in [6.45, 7) is 5.78. The van der Waals surface area contributed by atoms with E-state index in [2.05, 4.69) is 36.1 Å². The summed E-state index contributed by atoms with van der Waals surface area (Å²) in [6.07, 6.45) is 5.73. The summed E-state index contributed by atoms with van der Waals surface area (Å²) >= 11 is 0. The molecule has 0 spiro atoms. The minimum Gasteiger partial charge on any atom is -0.341 e. The van der Waals surface area contributed by atoms with Crippen LogP contribution in [0.4, 0.5) is 0 Å². The zero-order valence-electron chi connectivity index (χ0n) is 13.1. The zero-order chi connectivity index (χ0) is 14.7. The standard InChI is InChI=1S/C18H26N2O/c1-2-10-20(14-18(21)19-11-5-12-19)17-9-8-15-6-3-4-7-16(15)13-17/h3-4,6-7,17H,2,5,8-14H2,1H3/t17-/m0/s1. The van der Waals surface area contributed by atoms with Crippen molar-refractivity contribution < 1.29 is 4.79 Å². The molecule has 1 atom stereocenters. The molecule has 1 aromatic rings. The molecule has 2 aliphatic rings. The second-order valence-electron chi connectivity index (χ2n) is 6.37. The van der Waals surface area contributed by atoms with Gasteiger partial charge in [-0.2, -0.15) is 0 Å². The molecule has 1 aromatic carbocycles. The fourth-order valence-corrected chi connectivity index (χ4v) is 3.51. The highest BCUT2D eigenvalue weighted by Crippen LogP contribution is 2.25. The lowest BCUT2D eigenvalue weighted by Crippen LogP contribution is -2.50. The molecule has 0 N–H and O–H groups in total. The maximum absolute atomic E-state index is 12.3. The number of carbonyl (C=O) groups excluding carboxylic acids is 1. The predicted molar refractivity (Wildman–Crippen MR) is 85.3 cm³/mol. The number of carbonyl (C=O) groups is 1. The number of rotatable bonds is 5. The SMILES string of the molecule is CCCN(CC(=O)N1CCC1)[C@H]1CCc2ccccc2C1. The average molecular weight is 286 g/mol. The lowest BCUT2D eigenvalue weighted by atomic mass is 9.87. The van der Waals surface area contributed by atoms with E-state index in [0.717, 1.165) is 38.9 Å². The molecule has 3 rings (SSSR count). The first kappa shape index (κ1) is 14.6. The van der Waals surface area contributed by atoms with E-state index in [1.807, 2.05) is 4.90 Å². The minimum absolute atomic E-state index is 0.327. The Hall–Kier alpha value is -1.35. The van der Waals surface area contributed by atoms with Gasteiger partial charge >= 0.3 is 0 Å². The molecule has 21 heavy (non-hydrogen) atoms. The first-order valence-electron chi connectivity index (χ1n) is 8.36. The van der Waals surface area contributed by atoms with Crippen LogP contribution in [0.5, 0.6) is 0 Å². The topological polar surface area (TPSA) is 23.6 Å². The number of hydrogen-bond donors (Lipinski definition) is 0. The molecule has 0 saturated carbocycles. The van der Waals surface area contributed by atoms with Crippen molar-refractivity contribution in [1.82, 2.24) is 9.80 Å². The number of amides is 1. The van der Waals surface area contributed by atoms with Crippen molar-refractivity contribution in [2.45, 2.75) is 45.1 Å². The summed E-state index contributed by atoms with van der Waals surface area (Å²) in [5.41, 5.74) is 2.98. The molecule has 0 radical (unpaired) electrons. The van der Waals surface area contributed by atoms with E-state index in [1.165, 1.54) is 24.0 Å². The maximum atomic E-state index is 12.3. The number of hydrogen-bond acceptors (Lipinski definition) is 2. The molecule has 1 aliphatic carbocycles. The molecule has 0 unspecified atom stereocenters. The van der Waals surface area contributed by atoms with Gasteiger partial charge in [-0.15, -0.1) is 0 Å². The Morgan fingerprint density at radius 1 is 1.29 bits per heavy atom. The lowest BCUT2D eigenvalue weighted by molar-refractivity contribution is -0.136. The summed E-state index contributed by atoms with van der Waals surface area (Å²) in [5, 5.41) is 0. The van der Waals surface area contributed by atoms with E-state index in [0.29, 0.717) is 18.5 Å². The zero-order valence-corrected chi connectivity index (χ0v) is 13.1. The van der Waals surface area contributed by atoms with Crippen molar-refractivity contribution in [3.8, 4) is 0 Å². The third-order valence-corrected chi connectivity index (χ3v) is 4.90. The van der Waals surface area contributed by atoms with E-state index in [-0.39, 0.29) is 0 Å². The highest BCUT2D eigenvalue weighted by Gasteiger charge is 2.28. The summed E-state index contributed by atoms with van der Waals surface area (Å²) in [5.74, 6) is 0.327. The third kappa shape index (κ3) is 3.29. The van der Waals surface area contributed by atoms with Gasteiger partial charge in [0.1, 0.15) is 0 Å². The van der Waals surface area contributed by atoms with E-state index in [4.69, 9.17) is 0 Å². The molecule has 3 heteroatoms. The number of fused-ring (bicyclic) bond motifs is 1. The van der Waals surface area contributed by atoms with Crippen LogP contribution in [0.3, 0.4) is 0 Å². The van der Waals surface area contributed by atoms with Crippen molar-refractivity contribution in [2.24, 2.45) is 0 Å². The Morgan fingerprint density at radius 2 is 2.05 bits per heavy atom. The van der Waals surface area contributed by atoms with Gasteiger partial charge in [-0.25, -0.2) is 0 Å². The van der Waals surface area contributed by atoms with E-state index >= 15 is 0 Å². The van der Waals surface area contributed by atoms with E-state index < -0.39 is 0 Å². The van der Waals surface area contributed by atoms with Crippen LogP contribution in [0.2, 0.25) is 0 Å². The minimum atomic E-state index is 0.327. The first-order valence-corrected chi connectivity index (χ1v) is 8.36. The molecule has 0 aromatic heterocycles. The van der Waals surface area contributed by atoms with Crippen molar-refractivity contribution in [1.29, 1.82) is 0 Å². The molecule has 114 valence electrons. The Bertz CT molecular complexity index is 496. The van der Waals surface area contributed by atoms with Gasteiger partial charge in [-0.1, -0.05) is 31.2 Å². The van der Waals surface area contributed by atoms with Gasteiger partial charge in [-0.3, -0.25) is 9.69 Å². The van der Waals surface area contributed by atoms with Gasteiger partial charge < -0.3 is 4.90 Å². The van der Waals surface area contributed by atoms with Crippen LogP contribution in [0.1, 0.15) is 37.3 Å². The van der Waals surface area contributed by atoms with Crippen LogP contribution < -0.4 is 0 Å². The molecule has 1 saturated heterocycles. The van der Waals surface area contributed by atoms with Gasteiger partial charge in [0.25, 0.3) is 0 Å². The van der Waals surface area contributed by atoms with Gasteiger partial charge in [-0.05, 0) is 49.8 Å². The average Bonchev–Trinajstić information content (AvgIpc) is 2.44. The fourth-order valence-electron chi connectivity index (χ4n) is 3.51. The van der Waals surface area contributed by atoms with Crippen molar-refractivity contribution in [3.05, 3.63) is 35.4 Å². The molecule has 1 heterocycles. The number of aryl methyl sites for hydroxylation is 1. The second kappa shape index (κ2) is 6.61. The normalized spacial score (nSPS) is 21.0. The van der Waals surface area contributed by atoms with Crippen molar-refractivity contribution >= 4 is 5.91 Å². The number of nitrogens with zero attached hydrogens (tertiary/aromatic N) is 2. The van der Waals surface area contributed by atoms with Crippen LogP contribution in [-0.4, -0.2) is 47.9 Å². The van der Waals surface area contributed by atoms with Crippen molar-refractivity contribution in [3.63, 3.8) is 0 Å². The van der Waals surface area contributed by atoms with Crippen molar-refractivity contribution in [2.75, 3.05) is 26.2 Å². The van der Waals surface area contributed by atoms with Crippen LogP contribution in [-0.2, 0) is 17.6 Å². The summed E-state index contributed by atoms with van der Waals surface area (Å²) in [4.78, 5) is 16.7. The molecule has 1 amide bonds. The van der Waals surface area contributed by atoms with Gasteiger partial charge in [0.2, 0.25) is 5.91 Å². The Morgan fingerprint density at radius 3 is 2.71 bits per heavy atom. The van der Waals surface area contributed by atoms with Crippen LogP contribution in [0.25, 0.3) is 0 Å². The molecular formula is C18H26N2O. The smallest absolute Gasteiger partial charge is 0.236 e. The predicted octanol–water partition coefficient (Wildman–Crippen LogP) is 2.49. The summed E-state index contributed by atoms with van der Waals surface area (Å²) in [6, 6.07) is 9.31. The van der Waals surface area contributed by atoms with Gasteiger partial charge in [0.05, 0.1) is 6.54 Å².